The number of piperidine rings is 1. The summed E-state index contributed by atoms with van der Waals surface area (Å²) in [5, 5.41) is 3.36. The number of amides is 1. The maximum absolute atomic E-state index is 11.9. The van der Waals surface area contributed by atoms with E-state index in [0.717, 1.165) is 32.7 Å². The zero-order valence-corrected chi connectivity index (χ0v) is 11.2. The molecule has 0 aliphatic carbocycles. The number of hydrogen-bond donors (Lipinski definition) is 1. The van der Waals surface area contributed by atoms with Gasteiger partial charge in [0.2, 0.25) is 5.91 Å². The number of hydrogen-bond acceptors (Lipinski definition) is 3. The van der Waals surface area contributed by atoms with Crippen LogP contribution in [0, 0.1) is 0 Å². The average molecular weight is 242 g/mol. The molecule has 1 atom stereocenters. The van der Waals surface area contributed by atoms with Crippen molar-refractivity contribution in [2.45, 2.75) is 45.1 Å². The van der Waals surface area contributed by atoms with Crippen LogP contribution in [0.4, 0.5) is 0 Å². The minimum absolute atomic E-state index is 0.302. The van der Waals surface area contributed by atoms with Crippen molar-refractivity contribution in [3.63, 3.8) is 0 Å². The zero-order valence-electron chi connectivity index (χ0n) is 11.2. The predicted molar refractivity (Wildman–Crippen MR) is 69.0 cm³/mol. The molecule has 1 rings (SSSR count). The van der Waals surface area contributed by atoms with E-state index < -0.39 is 0 Å². The third-order valence-electron chi connectivity index (χ3n) is 3.30. The molecular formula is C13H26N2O2. The number of nitrogens with zero attached hydrogens (tertiary/aromatic N) is 1. The minimum atomic E-state index is 0.302. The maximum Gasteiger partial charge on any atom is 0.223 e. The normalized spacial score (nSPS) is 18.1. The van der Waals surface area contributed by atoms with Crippen molar-refractivity contribution in [2.75, 3.05) is 33.4 Å². The summed E-state index contributed by atoms with van der Waals surface area (Å²) in [7, 11) is 1.71. The molecule has 1 fully saturated rings. The molecule has 0 aromatic heterocycles. The lowest BCUT2D eigenvalue weighted by Crippen LogP contribution is -2.38. The topological polar surface area (TPSA) is 41.6 Å². The Bertz CT molecular complexity index is 215. The quantitative estimate of drug-likeness (QED) is 0.734. The molecule has 1 aliphatic heterocycles. The first-order valence-electron chi connectivity index (χ1n) is 6.74. The van der Waals surface area contributed by atoms with Crippen LogP contribution in [-0.2, 0) is 9.53 Å². The second kappa shape index (κ2) is 8.48. The highest BCUT2D eigenvalue weighted by atomic mass is 16.5. The number of methoxy groups -OCH3 is 1. The van der Waals surface area contributed by atoms with Gasteiger partial charge in [-0.25, -0.2) is 0 Å². The summed E-state index contributed by atoms with van der Waals surface area (Å²) in [4.78, 5) is 13.9. The molecule has 1 N–H and O–H groups in total. The summed E-state index contributed by atoms with van der Waals surface area (Å²) in [5.74, 6) is 0.302. The molecule has 4 heteroatoms. The van der Waals surface area contributed by atoms with Crippen LogP contribution in [0.2, 0.25) is 0 Å². The largest absolute Gasteiger partial charge is 0.385 e. The Morgan fingerprint density at radius 1 is 1.35 bits per heavy atom. The first-order chi connectivity index (χ1) is 8.24. The smallest absolute Gasteiger partial charge is 0.223 e. The molecule has 0 aromatic rings. The second-order valence-corrected chi connectivity index (χ2v) is 4.83. The Balaban J connectivity index is 2.06. The van der Waals surface area contributed by atoms with Crippen molar-refractivity contribution in [1.29, 1.82) is 0 Å². The third kappa shape index (κ3) is 6.03. The summed E-state index contributed by atoms with van der Waals surface area (Å²) >= 11 is 0. The van der Waals surface area contributed by atoms with Gasteiger partial charge in [-0.2, -0.15) is 0 Å². The molecule has 17 heavy (non-hydrogen) atoms. The standard InChI is InChI=1S/C13H26N2O2/c1-12(7-11-17-2)14-8-6-13(16)15-9-4-3-5-10-15/h12,14H,3-11H2,1-2H3. The van der Waals surface area contributed by atoms with Crippen molar-refractivity contribution in [3.05, 3.63) is 0 Å². The van der Waals surface area contributed by atoms with E-state index in [1.54, 1.807) is 7.11 Å². The van der Waals surface area contributed by atoms with Crippen LogP contribution >= 0.6 is 0 Å². The highest BCUT2D eigenvalue weighted by Crippen LogP contribution is 2.09. The molecule has 1 unspecified atom stereocenters. The Labute approximate surface area is 105 Å². The van der Waals surface area contributed by atoms with E-state index in [9.17, 15) is 4.79 Å². The molecule has 0 spiro atoms. The summed E-state index contributed by atoms with van der Waals surface area (Å²) in [6.07, 6.45) is 5.23. The van der Waals surface area contributed by atoms with Gasteiger partial charge in [-0.1, -0.05) is 0 Å². The van der Waals surface area contributed by atoms with E-state index in [1.807, 2.05) is 4.90 Å². The Kier molecular flexibility index (Phi) is 7.21. The molecule has 0 aromatic carbocycles. The molecule has 1 heterocycles. The van der Waals surface area contributed by atoms with E-state index in [4.69, 9.17) is 4.74 Å². The number of carbonyl (C=O) groups is 1. The van der Waals surface area contributed by atoms with Crippen LogP contribution in [-0.4, -0.2) is 50.2 Å². The maximum atomic E-state index is 11.9. The zero-order chi connectivity index (χ0) is 12.5. The summed E-state index contributed by atoms with van der Waals surface area (Å²) in [6.45, 7) is 5.59. The molecule has 1 aliphatic rings. The van der Waals surface area contributed by atoms with Gasteiger partial charge in [0.15, 0.2) is 0 Å². The lowest BCUT2D eigenvalue weighted by atomic mass is 10.1. The lowest BCUT2D eigenvalue weighted by Gasteiger charge is -2.27. The molecular weight excluding hydrogens is 216 g/mol. The summed E-state index contributed by atoms with van der Waals surface area (Å²) < 4.78 is 5.02. The number of carbonyl (C=O) groups excluding carboxylic acids is 1. The number of likely N-dealkylation sites (tertiary alicyclic amines) is 1. The van der Waals surface area contributed by atoms with Crippen LogP contribution in [0.1, 0.15) is 39.0 Å². The van der Waals surface area contributed by atoms with Gasteiger partial charge >= 0.3 is 0 Å². The molecule has 1 saturated heterocycles. The van der Waals surface area contributed by atoms with Crippen LogP contribution in [0.25, 0.3) is 0 Å². The van der Waals surface area contributed by atoms with Crippen LogP contribution in [0.5, 0.6) is 0 Å². The molecule has 100 valence electrons. The van der Waals surface area contributed by atoms with Crippen LogP contribution < -0.4 is 5.32 Å². The fourth-order valence-electron chi connectivity index (χ4n) is 2.12. The molecule has 0 radical (unpaired) electrons. The van der Waals surface area contributed by atoms with Crippen molar-refractivity contribution in [3.8, 4) is 0 Å². The Morgan fingerprint density at radius 2 is 2.06 bits per heavy atom. The van der Waals surface area contributed by atoms with E-state index in [1.165, 1.54) is 19.3 Å². The highest BCUT2D eigenvalue weighted by Gasteiger charge is 2.15. The Hall–Kier alpha value is -0.610. The summed E-state index contributed by atoms with van der Waals surface area (Å²) in [6, 6.07) is 0.420. The molecule has 0 saturated carbocycles. The van der Waals surface area contributed by atoms with Gasteiger partial charge in [0.05, 0.1) is 0 Å². The lowest BCUT2D eigenvalue weighted by molar-refractivity contribution is -0.131. The number of nitrogens with one attached hydrogen (secondary N) is 1. The van der Waals surface area contributed by atoms with E-state index in [2.05, 4.69) is 12.2 Å². The van der Waals surface area contributed by atoms with Gasteiger partial charge in [0.25, 0.3) is 0 Å². The molecule has 4 nitrogen and oxygen atoms in total. The molecule has 0 bridgehead atoms. The van der Waals surface area contributed by atoms with Crippen LogP contribution in [0.15, 0.2) is 0 Å². The van der Waals surface area contributed by atoms with Crippen molar-refractivity contribution in [1.82, 2.24) is 10.2 Å². The number of ether oxygens (including phenoxy) is 1. The Morgan fingerprint density at radius 3 is 2.71 bits per heavy atom. The van der Waals surface area contributed by atoms with Gasteiger partial charge in [-0.05, 0) is 32.6 Å². The fourth-order valence-corrected chi connectivity index (χ4v) is 2.12. The van der Waals surface area contributed by atoms with Crippen LogP contribution in [0.3, 0.4) is 0 Å². The SMILES string of the molecule is COCCC(C)NCCC(=O)N1CCCCC1. The van der Waals surface area contributed by atoms with Gasteiger partial charge < -0.3 is 15.0 Å². The van der Waals surface area contributed by atoms with Crippen molar-refractivity contribution in [2.24, 2.45) is 0 Å². The molecule has 1 amide bonds. The van der Waals surface area contributed by atoms with Gasteiger partial charge in [-0.3, -0.25) is 4.79 Å². The number of rotatable bonds is 7. The summed E-state index contributed by atoms with van der Waals surface area (Å²) in [5.41, 5.74) is 0. The van der Waals surface area contributed by atoms with E-state index in [0.29, 0.717) is 18.4 Å². The van der Waals surface area contributed by atoms with Gasteiger partial charge in [0, 0.05) is 45.8 Å². The van der Waals surface area contributed by atoms with E-state index in [-0.39, 0.29) is 0 Å². The predicted octanol–water partition coefficient (Wildman–Crippen LogP) is 1.40. The van der Waals surface area contributed by atoms with E-state index >= 15 is 0 Å². The minimum Gasteiger partial charge on any atom is -0.385 e. The first kappa shape index (κ1) is 14.5. The average Bonchev–Trinajstić information content (AvgIpc) is 2.37. The highest BCUT2D eigenvalue weighted by molar-refractivity contribution is 5.76. The second-order valence-electron chi connectivity index (χ2n) is 4.83. The van der Waals surface area contributed by atoms with Crippen molar-refractivity contribution >= 4 is 5.91 Å². The van der Waals surface area contributed by atoms with Crippen molar-refractivity contribution < 1.29 is 9.53 Å². The fraction of sp³-hybridized carbons (Fsp3) is 0.923. The monoisotopic (exact) mass is 242 g/mol. The first-order valence-corrected chi connectivity index (χ1v) is 6.74. The van der Waals surface area contributed by atoms with Gasteiger partial charge in [0.1, 0.15) is 0 Å². The third-order valence-corrected chi connectivity index (χ3v) is 3.30. The van der Waals surface area contributed by atoms with Gasteiger partial charge in [-0.15, -0.1) is 0 Å².